The van der Waals surface area contributed by atoms with E-state index in [4.69, 9.17) is 9.84 Å². The second-order valence-corrected chi connectivity index (χ2v) is 6.46. The quantitative estimate of drug-likeness (QED) is 0.754. The molecule has 0 aromatic carbocycles. The molecular weight excluding hydrogens is 272 g/mol. The molecular formula is C15H28N2O4. The van der Waals surface area contributed by atoms with Gasteiger partial charge in [0.05, 0.1) is 6.10 Å². The van der Waals surface area contributed by atoms with Crippen LogP contribution >= 0.6 is 0 Å². The Labute approximate surface area is 126 Å². The molecule has 0 spiro atoms. The number of rotatable bonds is 7. The highest BCUT2D eigenvalue weighted by molar-refractivity contribution is 5.74. The second kappa shape index (κ2) is 8.22. The smallest absolute Gasteiger partial charge is 0.317 e. The van der Waals surface area contributed by atoms with E-state index in [-0.39, 0.29) is 24.0 Å². The number of likely N-dealkylation sites (tertiary alicyclic amines) is 1. The van der Waals surface area contributed by atoms with Crippen molar-refractivity contribution in [1.29, 1.82) is 0 Å². The topological polar surface area (TPSA) is 78.9 Å². The Bertz CT molecular complexity index is 350. The number of amides is 2. The fourth-order valence-electron chi connectivity index (χ4n) is 2.48. The molecule has 1 heterocycles. The lowest BCUT2D eigenvalue weighted by molar-refractivity contribution is -0.137. The van der Waals surface area contributed by atoms with Gasteiger partial charge >= 0.3 is 12.0 Å². The standard InChI is InChI=1S/C15H28N2O4/c1-15(2,7-4-13(18)19)8-9-16-14(20)17-10-5-12(21-3)6-11-17/h12H,4-11H2,1-3H3,(H,16,20)(H,18,19). The summed E-state index contributed by atoms with van der Waals surface area (Å²) in [5.74, 6) is -0.770. The van der Waals surface area contributed by atoms with Crippen molar-refractivity contribution in [3.05, 3.63) is 0 Å². The summed E-state index contributed by atoms with van der Waals surface area (Å²) >= 11 is 0. The van der Waals surface area contributed by atoms with Crippen molar-refractivity contribution in [2.75, 3.05) is 26.7 Å². The molecule has 1 rings (SSSR count). The number of carboxylic acids is 1. The maximum absolute atomic E-state index is 12.0. The number of methoxy groups -OCH3 is 1. The minimum absolute atomic E-state index is 0.0291. The van der Waals surface area contributed by atoms with Crippen LogP contribution in [0.1, 0.15) is 46.0 Å². The number of nitrogens with one attached hydrogen (secondary N) is 1. The van der Waals surface area contributed by atoms with Crippen LogP contribution < -0.4 is 5.32 Å². The number of hydrogen-bond donors (Lipinski definition) is 2. The number of hydrogen-bond acceptors (Lipinski definition) is 3. The summed E-state index contributed by atoms with van der Waals surface area (Å²) in [5, 5.41) is 11.6. The minimum atomic E-state index is -0.770. The van der Waals surface area contributed by atoms with Gasteiger partial charge in [-0.05, 0) is 31.1 Å². The van der Waals surface area contributed by atoms with Gasteiger partial charge in [-0.15, -0.1) is 0 Å². The fraction of sp³-hybridized carbons (Fsp3) is 0.867. The highest BCUT2D eigenvalue weighted by Crippen LogP contribution is 2.26. The molecule has 6 heteroatoms. The van der Waals surface area contributed by atoms with Crippen LogP contribution in [-0.2, 0) is 9.53 Å². The summed E-state index contributed by atoms with van der Waals surface area (Å²) in [6.07, 6.45) is 3.61. The van der Waals surface area contributed by atoms with Crippen molar-refractivity contribution in [3.8, 4) is 0 Å². The number of ether oxygens (including phenoxy) is 1. The lowest BCUT2D eigenvalue weighted by Gasteiger charge is -2.31. The Morgan fingerprint density at radius 2 is 1.90 bits per heavy atom. The van der Waals surface area contributed by atoms with Crippen molar-refractivity contribution >= 4 is 12.0 Å². The third kappa shape index (κ3) is 6.80. The Hall–Kier alpha value is -1.30. The first kappa shape index (κ1) is 17.8. The average Bonchev–Trinajstić information content (AvgIpc) is 2.45. The van der Waals surface area contributed by atoms with Crippen LogP contribution in [0.3, 0.4) is 0 Å². The van der Waals surface area contributed by atoms with Crippen LogP contribution in [0.4, 0.5) is 4.79 Å². The molecule has 0 atom stereocenters. The van der Waals surface area contributed by atoms with Crippen LogP contribution in [0.2, 0.25) is 0 Å². The summed E-state index contributed by atoms with van der Waals surface area (Å²) in [7, 11) is 1.71. The average molecular weight is 300 g/mol. The maximum atomic E-state index is 12.0. The van der Waals surface area contributed by atoms with Gasteiger partial charge in [0.1, 0.15) is 0 Å². The van der Waals surface area contributed by atoms with E-state index < -0.39 is 5.97 Å². The molecule has 1 saturated heterocycles. The van der Waals surface area contributed by atoms with Crippen molar-refractivity contribution < 1.29 is 19.4 Å². The van der Waals surface area contributed by atoms with E-state index in [2.05, 4.69) is 5.32 Å². The number of carbonyl (C=O) groups excluding carboxylic acids is 1. The van der Waals surface area contributed by atoms with Gasteiger partial charge in [0.2, 0.25) is 0 Å². The zero-order valence-electron chi connectivity index (χ0n) is 13.4. The van der Waals surface area contributed by atoms with Crippen LogP contribution in [-0.4, -0.2) is 54.9 Å². The maximum Gasteiger partial charge on any atom is 0.317 e. The minimum Gasteiger partial charge on any atom is -0.481 e. The van der Waals surface area contributed by atoms with Gasteiger partial charge in [0.15, 0.2) is 0 Å². The summed E-state index contributed by atoms with van der Waals surface area (Å²) in [4.78, 5) is 24.4. The Kier molecular flexibility index (Phi) is 6.95. The zero-order valence-corrected chi connectivity index (χ0v) is 13.4. The monoisotopic (exact) mass is 300 g/mol. The van der Waals surface area contributed by atoms with Gasteiger partial charge in [-0.3, -0.25) is 4.79 Å². The molecule has 1 aliphatic heterocycles. The van der Waals surface area contributed by atoms with Crippen molar-refractivity contribution in [3.63, 3.8) is 0 Å². The van der Waals surface area contributed by atoms with Crippen LogP contribution in [0.25, 0.3) is 0 Å². The van der Waals surface area contributed by atoms with E-state index >= 15 is 0 Å². The third-order valence-corrected chi connectivity index (χ3v) is 4.16. The van der Waals surface area contributed by atoms with Crippen LogP contribution in [0.15, 0.2) is 0 Å². The number of aliphatic carboxylic acids is 1. The summed E-state index contributed by atoms with van der Waals surface area (Å²) in [5.41, 5.74) is -0.0747. The molecule has 0 saturated carbocycles. The third-order valence-electron chi connectivity index (χ3n) is 4.16. The molecule has 0 aromatic rings. The molecule has 6 nitrogen and oxygen atoms in total. The molecule has 122 valence electrons. The fourth-order valence-corrected chi connectivity index (χ4v) is 2.48. The molecule has 0 aromatic heterocycles. The highest BCUT2D eigenvalue weighted by atomic mass is 16.5. The van der Waals surface area contributed by atoms with Crippen molar-refractivity contribution in [2.45, 2.75) is 52.1 Å². The number of piperidine rings is 1. The first-order chi connectivity index (χ1) is 9.84. The molecule has 2 amide bonds. The predicted molar refractivity (Wildman–Crippen MR) is 80.3 cm³/mol. The largest absolute Gasteiger partial charge is 0.481 e. The molecule has 0 unspecified atom stereocenters. The Balaban J connectivity index is 2.22. The second-order valence-electron chi connectivity index (χ2n) is 6.46. The van der Waals surface area contributed by atoms with Crippen molar-refractivity contribution in [2.24, 2.45) is 5.41 Å². The van der Waals surface area contributed by atoms with E-state index in [1.807, 2.05) is 18.7 Å². The molecule has 0 radical (unpaired) electrons. The Morgan fingerprint density at radius 3 is 2.43 bits per heavy atom. The molecule has 1 aliphatic rings. The van der Waals surface area contributed by atoms with Gasteiger partial charge in [-0.1, -0.05) is 13.8 Å². The summed E-state index contributed by atoms with van der Waals surface area (Å²) in [6.45, 7) is 6.10. The SMILES string of the molecule is COC1CCN(C(=O)NCCC(C)(C)CCC(=O)O)CC1. The van der Waals surface area contributed by atoms with E-state index in [1.54, 1.807) is 7.11 Å². The van der Waals surface area contributed by atoms with E-state index in [1.165, 1.54) is 0 Å². The number of carboxylic acid groups (broad SMARTS) is 1. The van der Waals surface area contributed by atoms with Gasteiger partial charge in [0, 0.05) is 33.2 Å². The van der Waals surface area contributed by atoms with Gasteiger partial charge in [-0.25, -0.2) is 4.79 Å². The lowest BCUT2D eigenvalue weighted by atomic mass is 9.84. The molecule has 1 fully saturated rings. The van der Waals surface area contributed by atoms with Gasteiger partial charge in [-0.2, -0.15) is 0 Å². The molecule has 2 N–H and O–H groups in total. The number of carbonyl (C=O) groups is 2. The van der Waals surface area contributed by atoms with Gasteiger partial charge in [0.25, 0.3) is 0 Å². The number of nitrogens with zero attached hydrogens (tertiary/aromatic N) is 1. The number of urea groups is 1. The Morgan fingerprint density at radius 1 is 1.29 bits per heavy atom. The lowest BCUT2D eigenvalue weighted by Crippen LogP contribution is -2.46. The molecule has 0 aliphatic carbocycles. The van der Waals surface area contributed by atoms with E-state index in [0.29, 0.717) is 13.0 Å². The summed E-state index contributed by atoms with van der Waals surface area (Å²) < 4.78 is 5.28. The van der Waals surface area contributed by atoms with Crippen LogP contribution in [0, 0.1) is 5.41 Å². The molecule has 21 heavy (non-hydrogen) atoms. The summed E-state index contributed by atoms with van der Waals surface area (Å²) in [6, 6.07) is -0.0291. The van der Waals surface area contributed by atoms with E-state index in [9.17, 15) is 9.59 Å². The predicted octanol–water partition coefficient (Wildman–Crippen LogP) is 2.09. The first-order valence-electron chi connectivity index (χ1n) is 7.61. The van der Waals surface area contributed by atoms with E-state index in [0.717, 1.165) is 32.4 Å². The normalized spacial score (nSPS) is 16.8. The van der Waals surface area contributed by atoms with Gasteiger partial charge < -0.3 is 20.1 Å². The zero-order chi connectivity index (χ0) is 15.9. The highest BCUT2D eigenvalue weighted by Gasteiger charge is 2.23. The molecule has 0 bridgehead atoms. The first-order valence-corrected chi connectivity index (χ1v) is 7.61. The van der Waals surface area contributed by atoms with Crippen LogP contribution in [0.5, 0.6) is 0 Å². The van der Waals surface area contributed by atoms with Crippen molar-refractivity contribution in [1.82, 2.24) is 10.2 Å².